The number of rotatable bonds is 4. The second-order valence-corrected chi connectivity index (χ2v) is 3.81. The van der Waals surface area contributed by atoms with Crippen LogP contribution < -0.4 is 4.74 Å². The molecule has 0 fully saturated rings. The van der Waals surface area contributed by atoms with Crippen LogP contribution >= 0.6 is 0 Å². The monoisotopic (exact) mass is 238 g/mol. The average molecular weight is 238 g/mol. The molecule has 0 spiro atoms. The van der Waals surface area contributed by atoms with Crippen molar-refractivity contribution in [2.45, 2.75) is 0 Å². The van der Waals surface area contributed by atoms with E-state index in [1.807, 2.05) is 54.6 Å². The molecule has 0 N–H and O–H groups in total. The number of aldehydes is 1. The fourth-order valence-electron chi connectivity index (χ4n) is 1.84. The summed E-state index contributed by atoms with van der Waals surface area (Å²) in [5.74, 6) is 0.778. The van der Waals surface area contributed by atoms with Gasteiger partial charge in [-0.2, -0.15) is 0 Å². The maximum absolute atomic E-state index is 10.8. The quantitative estimate of drug-likeness (QED) is 0.603. The first kappa shape index (κ1) is 12.1. The van der Waals surface area contributed by atoms with Gasteiger partial charge >= 0.3 is 0 Å². The molecule has 0 atom stereocenters. The molecule has 2 rings (SSSR count). The molecule has 0 bridgehead atoms. The molecular weight excluding hydrogens is 224 g/mol. The molecule has 0 aromatic heterocycles. The summed E-state index contributed by atoms with van der Waals surface area (Å²) in [7, 11) is 1.63. The van der Waals surface area contributed by atoms with Gasteiger partial charge in [-0.3, -0.25) is 4.79 Å². The molecule has 2 aromatic carbocycles. The van der Waals surface area contributed by atoms with Gasteiger partial charge in [-0.15, -0.1) is 0 Å². The Labute approximate surface area is 107 Å². The number of methoxy groups -OCH3 is 1. The zero-order valence-electron chi connectivity index (χ0n) is 10.2. The second-order valence-electron chi connectivity index (χ2n) is 3.81. The summed E-state index contributed by atoms with van der Waals surface area (Å²) in [6, 6.07) is 17.5. The average Bonchev–Trinajstić information content (AvgIpc) is 2.46. The van der Waals surface area contributed by atoms with Gasteiger partial charge in [-0.25, -0.2) is 0 Å². The Bertz CT molecular complexity index is 556. The fourth-order valence-corrected chi connectivity index (χ4v) is 1.84. The van der Waals surface area contributed by atoms with Crippen molar-refractivity contribution in [1.29, 1.82) is 0 Å². The second kappa shape index (κ2) is 5.82. The van der Waals surface area contributed by atoms with Gasteiger partial charge in [-0.1, -0.05) is 42.5 Å². The Morgan fingerprint density at radius 3 is 2.39 bits per heavy atom. The predicted molar refractivity (Wildman–Crippen MR) is 72.6 cm³/mol. The molecule has 2 heteroatoms. The summed E-state index contributed by atoms with van der Waals surface area (Å²) < 4.78 is 5.20. The van der Waals surface area contributed by atoms with Gasteiger partial charge in [0, 0.05) is 0 Å². The van der Waals surface area contributed by atoms with E-state index in [9.17, 15) is 4.79 Å². The first-order valence-electron chi connectivity index (χ1n) is 5.70. The first-order chi connectivity index (χ1) is 8.85. The molecule has 90 valence electrons. The van der Waals surface area contributed by atoms with E-state index in [0.29, 0.717) is 0 Å². The van der Waals surface area contributed by atoms with Crippen LogP contribution in [0.3, 0.4) is 0 Å². The van der Waals surface area contributed by atoms with Crippen molar-refractivity contribution in [3.05, 3.63) is 71.8 Å². The molecule has 0 aliphatic rings. The largest absolute Gasteiger partial charge is 0.497 e. The van der Waals surface area contributed by atoms with Crippen LogP contribution in [0.4, 0.5) is 0 Å². The van der Waals surface area contributed by atoms with Crippen LogP contribution in [-0.2, 0) is 4.79 Å². The van der Waals surface area contributed by atoms with Crippen LogP contribution in [0, 0.1) is 0 Å². The van der Waals surface area contributed by atoms with E-state index in [-0.39, 0.29) is 0 Å². The summed E-state index contributed by atoms with van der Waals surface area (Å²) in [5.41, 5.74) is 2.87. The molecule has 0 saturated carbocycles. The van der Waals surface area contributed by atoms with Gasteiger partial charge in [-0.05, 0) is 34.9 Å². The Kier molecular flexibility index (Phi) is 3.92. The summed E-state index contributed by atoms with van der Waals surface area (Å²) in [5, 5.41) is 0. The van der Waals surface area contributed by atoms with Crippen molar-refractivity contribution in [1.82, 2.24) is 0 Å². The minimum Gasteiger partial charge on any atom is -0.497 e. The molecule has 0 heterocycles. The SMILES string of the molecule is COc1cccc(/C(=C/C=O)c2ccccc2)c1. The molecule has 0 unspecified atom stereocenters. The zero-order chi connectivity index (χ0) is 12.8. The maximum Gasteiger partial charge on any atom is 0.143 e. The Morgan fingerprint density at radius 2 is 1.72 bits per heavy atom. The highest BCUT2D eigenvalue weighted by Gasteiger charge is 2.05. The standard InChI is InChI=1S/C16H14O2/c1-18-15-9-5-8-14(12-15)16(10-11-17)13-6-3-2-4-7-13/h2-12H,1H3/b16-10+. The molecule has 0 aliphatic carbocycles. The van der Waals surface area contributed by atoms with Crippen LogP contribution in [0.2, 0.25) is 0 Å². The van der Waals surface area contributed by atoms with Gasteiger partial charge < -0.3 is 4.74 Å². The Morgan fingerprint density at radius 1 is 1.00 bits per heavy atom. The van der Waals surface area contributed by atoms with Gasteiger partial charge in [0.05, 0.1) is 7.11 Å². The normalized spacial score (nSPS) is 11.1. The van der Waals surface area contributed by atoms with E-state index in [1.165, 1.54) is 0 Å². The molecular formula is C16H14O2. The highest BCUT2D eigenvalue weighted by atomic mass is 16.5. The molecule has 2 nitrogen and oxygen atoms in total. The lowest BCUT2D eigenvalue weighted by Crippen LogP contribution is -1.90. The third kappa shape index (κ3) is 2.66. The van der Waals surface area contributed by atoms with Crippen molar-refractivity contribution >= 4 is 11.9 Å². The molecule has 18 heavy (non-hydrogen) atoms. The lowest BCUT2D eigenvalue weighted by molar-refractivity contribution is -0.104. The number of ether oxygens (including phenoxy) is 1. The van der Waals surface area contributed by atoms with E-state index < -0.39 is 0 Å². The van der Waals surface area contributed by atoms with Gasteiger partial charge in [0.1, 0.15) is 12.0 Å². The highest BCUT2D eigenvalue weighted by Crippen LogP contribution is 2.25. The minimum atomic E-state index is 0.778. The van der Waals surface area contributed by atoms with Crippen molar-refractivity contribution in [3.8, 4) is 5.75 Å². The van der Waals surface area contributed by atoms with Crippen molar-refractivity contribution < 1.29 is 9.53 Å². The third-order valence-corrected chi connectivity index (χ3v) is 2.70. The number of carbonyl (C=O) groups excluding carboxylic acids is 1. The zero-order valence-corrected chi connectivity index (χ0v) is 10.2. The first-order valence-corrected chi connectivity index (χ1v) is 5.70. The third-order valence-electron chi connectivity index (χ3n) is 2.70. The van der Waals surface area contributed by atoms with E-state index in [0.717, 1.165) is 28.7 Å². The number of hydrogen-bond donors (Lipinski definition) is 0. The van der Waals surface area contributed by atoms with Crippen LogP contribution in [0.25, 0.3) is 5.57 Å². The maximum atomic E-state index is 10.8. The number of hydrogen-bond acceptors (Lipinski definition) is 2. The lowest BCUT2D eigenvalue weighted by atomic mass is 9.98. The van der Waals surface area contributed by atoms with E-state index >= 15 is 0 Å². The van der Waals surface area contributed by atoms with Crippen LogP contribution in [-0.4, -0.2) is 13.4 Å². The minimum absolute atomic E-state index is 0.778. The van der Waals surface area contributed by atoms with E-state index in [2.05, 4.69) is 0 Å². The number of benzene rings is 2. The van der Waals surface area contributed by atoms with Crippen LogP contribution in [0.1, 0.15) is 11.1 Å². The topological polar surface area (TPSA) is 26.3 Å². The predicted octanol–water partition coefficient (Wildman–Crippen LogP) is 3.33. The van der Waals surface area contributed by atoms with Crippen LogP contribution in [0.15, 0.2) is 60.7 Å². The molecule has 2 aromatic rings. The van der Waals surface area contributed by atoms with Crippen molar-refractivity contribution in [3.63, 3.8) is 0 Å². The number of allylic oxidation sites excluding steroid dienone is 1. The molecule has 0 saturated heterocycles. The molecule has 0 amide bonds. The fraction of sp³-hybridized carbons (Fsp3) is 0.0625. The van der Waals surface area contributed by atoms with Gasteiger partial charge in [0.15, 0.2) is 0 Å². The summed E-state index contributed by atoms with van der Waals surface area (Å²) in [6.07, 6.45) is 2.38. The number of carbonyl (C=O) groups is 1. The van der Waals surface area contributed by atoms with E-state index in [4.69, 9.17) is 4.74 Å². The van der Waals surface area contributed by atoms with Gasteiger partial charge in [0.25, 0.3) is 0 Å². The van der Waals surface area contributed by atoms with Crippen molar-refractivity contribution in [2.24, 2.45) is 0 Å². The van der Waals surface area contributed by atoms with Crippen molar-refractivity contribution in [2.75, 3.05) is 7.11 Å². The summed E-state index contributed by atoms with van der Waals surface area (Å²) >= 11 is 0. The smallest absolute Gasteiger partial charge is 0.143 e. The lowest BCUT2D eigenvalue weighted by Gasteiger charge is -2.08. The van der Waals surface area contributed by atoms with Crippen LogP contribution in [0.5, 0.6) is 5.75 Å². The molecule has 0 radical (unpaired) electrons. The van der Waals surface area contributed by atoms with Gasteiger partial charge in [0.2, 0.25) is 0 Å². The Balaban J connectivity index is 2.49. The summed E-state index contributed by atoms with van der Waals surface area (Å²) in [6.45, 7) is 0. The molecule has 0 aliphatic heterocycles. The summed E-state index contributed by atoms with van der Waals surface area (Å²) in [4.78, 5) is 10.8. The Hall–Kier alpha value is -2.35. The van der Waals surface area contributed by atoms with E-state index in [1.54, 1.807) is 13.2 Å². The highest BCUT2D eigenvalue weighted by molar-refractivity contribution is 5.89.